The zero-order valence-corrected chi connectivity index (χ0v) is 22.0. The normalized spacial score (nSPS) is 12.7. The molecule has 4 rings (SSSR count). The van der Waals surface area contributed by atoms with Crippen LogP contribution in [0.3, 0.4) is 0 Å². The molecular weight excluding hydrogens is 458 g/mol. The van der Waals surface area contributed by atoms with Crippen molar-refractivity contribution in [1.82, 2.24) is 9.97 Å². The van der Waals surface area contributed by atoms with E-state index in [1.54, 1.807) is 11.3 Å². The van der Waals surface area contributed by atoms with E-state index in [-0.39, 0.29) is 0 Å². The van der Waals surface area contributed by atoms with E-state index >= 15 is 0 Å². The van der Waals surface area contributed by atoms with Crippen molar-refractivity contribution in [2.45, 2.75) is 60.2 Å². The summed E-state index contributed by atoms with van der Waals surface area (Å²) in [4.78, 5) is 21.8. The average molecular weight is 490 g/mol. The molecule has 0 aliphatic heterocycles. The lowest BCUT2D eigenvalue weighted by Crippen LogP contribution is -2.28. The van der Waals surface area contributed by atoms with Crippen LogP contribution < -0.4 is 5.32 Å². The molecule has 2 aromatic carbocycles. The maximum absolute atomic E-state index is 12.6. The number of hydrogen-bond donors (Lipinski definition) is 2. The lowest BCUT2D eigenvalue weighted by atomic mass is 9.89. The minimum Gasteiger partial charge on any atom is -0.479 e. The van der Waals surface area contributed by atoms with Crippen LogP contribution in [0.2, 0.25) is 0 Å². The van der Waals surface area contributed by atoms with E-state index in [2.05, 4.69) is 36.3 Å². The molecule has 6 nitrogen and oxygen atoms in total. The van der Waals surface area contributed by atoms with Gasteiger partial charge in [-0.25, -0.2) is 14.8 Å². The number of ether oxygens (including phenoxy) is 1. The number of hydrogen-bond acceptors (Lipinski definition) is 6. The molecule has 0 amide bonds. The van der Waals surface area contributed by atoms with E-state index < -0.39 is 17.7 Å². The molecule has 0 radical (unpaired) electrons. The Kier molecular flexibility index (Phi) is 6.66. The van der Waals surface area contributed by atoms with Gasteiger partial charge < -0.3 is 15.2 Å². The first-order valence-electron chi connectivity index (χ1n) is 11.5. The number of nitrogens with zero attached hydrogens (tertiary/aromatic N) is 2. The fourth-order valence-corrected chi connectivity index (χ4v) is 4.90. The number of thiazole rings is 1. The topological polar surface area (TPSA) is 84.3 Å². The maximum Gasteiger partial charge on any atom is 0.337 e. The third-order valence-electron chi connectivity index (χ3n) is 6.02. The molecule has 0 saturated carbocycles. The van der Waals surface area contributed by atoms with Crippen molar-refractivity contribution in [2.24, 2.45) is 0 Å². The van der Waals surface area contributed by atoms with Gasteiger partial charge in [0.1, 0.15) is 5.82 Å². The summed E-state index contributed by atoms with van der Waals surface area (Å²) in [6.45, 7) is 13.5. The molecule has 35 heavy (non-hydrogen) atoms. The van der Waals surface area contributed by atoms with Gasteiger partial charge in [0.15, 0.2) is 6.10 Å². The Balaban J connectivity index is 1.92. The predicted molar refractivity (Wildman–Crippen MR) is 143 cm³/mol. The van der Waals surface area contributed by atoms with Gasteiger partial charge in [-0.1, -0.05) is 18.2 Å². The van der Waals surface area contributed by atoms with Crippen molar-refractivity contribution in [1.29, 1.82) is 0 Å². The number of anilines is 2. The first-order chi connectivity index (χ1) is 16.4. The highest BCUT2D eigenvalue weighted by Crippen LogP contribution is 2.40. The first-order valence-corrected chi connectivity index (χ1v) is 12.4. The number of nitrogens with one attached hydrogen (secondary N) is 1. The summed E-state index contributed by atoms with van der Waals surface area (Å²) in [6, 6.07) is 12.1. The van der Waals surface area contributed by atoms with Crippen molar-refractivity contribution in [3.63, 3.8) is 0 Å². The zero-order chi connectivity index (χ0) is 25.5. The van der Waals surface area contributed by atoms with E-state index in [4.69, 9.17) is 9.72 Å². The molecule has 2 N–H and O–H groups in total. The molecule has 0 saturated heterocycles. The van der Waals surface area contributed by atoms with E-state index in [0.29, 0.717) is 11.4 Å². The number of carboxylic acids is 1. The molecule has 7 heteroatoms. The lowest BCUT2D eigenvalue weighted by molar-refractivity contribution is -0.160. The standard InChI is InChI=1S/C28H31N3O3S/c1-15-8-9-19(12-16(15)2)24-18(4)30-26(31-20-10-11-21-22(13-20)35-14-29-21)17(3)23(24)25(27(32)33)34-28(5,6)7/h8-14,25H,1-7H3,(H,30,31)(H,32,33). The molecule has 0 bridgehead atoms. The van der Waals surface area contributed by atoms with E-state index in [9.17, 15) is 9.90 Å². The third kappa shape index (κ3) is 5.21. The molecular formula is C28H31N3O3S. The number of aromatic nitrogens is 2. The van der Waals surface area contributed by atoms with Crippen LogP contribution >= 0.6 is 11.3 Å². The van der Waals surface area contributed by atoms with Crippen LogP contribution in [0.25, 0.3) is 21.3 Å². The minimum atomic E-state index is -1.15. The summed E-state index contributed by atoms with van der Waals surface area (Å²) in [7, 11) is 0. The second kappa shape index (κ2) is 9.40. The van der Waals surface area contributed by atoms with Crippen molar-refractivity contribution >= 4 is 39.0 Å². The number of fused-ring (bicyclic) bond motifs is 1. The van der Waals surface area contributed by atoms with Gasteiger partial charge >= 0.3 is 5.97 Å². The van der Waals surface area contributed by atoms with Crippen molar-refractivity contribution < 1.29 is 14.6 Å². The van der Waals surface area contributed by atoms with Gasteiger partial charge in [-0.2, -0.15) is 0 Å². The molecule has 182 valence electrons. The highest BCUT2D eigenvalue weighted by atomic mass is 32.1. The van der Waals surface area contributed by atoms with Gasteiger partial charge in [0.25, 0.3) is 0 Å². The first kappa shape index (κ1) is 24.8. The van der Waals surface area contributed by atoms with Crippen LogP contribution in [-0.2, 0) is 9.53 Å². The summed E-state index contributed by atoms with van der Waals surface area (Å²) in [5.74, 6) is -0.423. The number of benzene rings is 2. The highest BCUT2D eigenvalue weighted by Gasteiger charge is 2.33. The molecule has 1 unspecified atom stereocenters. The van der Waals surface area contributed by atoms with Crippen LogP contribution in [-0.4, -0.2) is 26.6 Å². The van der Waals surface area contributed by atoms with Gasteiger partial charge in [-0.15, -0.1) is 11.3 Å². The fraction of sp³-hybridized carbons (Fsp3) is 0.321. The van der Waals surface area contributed by atoms with Gasteiger partial charge in [-0.3, -0.25) is 0 Å². The van der Waals surface area contributed by atoms with Crippen LogP contribution in [0.1, 0.15) is 54.8 Å². The Labute approximate surface area is 210 Å². The van der Waals surface area contributed by atoms with Gasteiger partial charge in [-0.05, 0) is 88.9 Å². The molecule has 0 aliphatic carbocycles. The summed E-state index contributed by atoms with van der Waals surface area (Å²) in [6.07, 6.45) is -1.15. The monoisotopic (exact) mass is 489 g/mol. The SMILES string of the molecule is Cc1ccc(-c2c(C)nc(Nc3ccc4ncsc4c3)c(C)c2C(OC(C)(C)C)C(=O)O)cc1C. The number of aliphatic carboxylic acids is 1. The number of pyridine rings is 1. The van der Waals surface area contributed by atoms with E-state index in [1.807, 2.05) is 64.4 Å². The second-order valence-electron chi connectivity index (χ2n) is 9.87. The van der Waals surface area contributed by atoms with E-state index in [1.165, 1.54) is 5.56 Å². The quantitative estimate of drug-likeness (QED) is 0.296. The zero-order valence-electron chi connectivity index (χ0n) is 21.2. The highest BCUT2D eigenvalue weighted by molar-refractivity contribution is 7.16. The van der Waals surface area contributed by atoms with Crippen molar-refractivity contribution in [2.75, 3.05) is 5.32 Å². The lowest BCUT2D eigenvalue weighted by Gasteiger charge is -2.29. The number of carbonyl (C=O) groups is 1. The molecule has 4 aromatic rings. The maximum atomic E-state index is 12.6. The molecule has 1 atom stereocenters. The summed E-state index contributed by atoms with van der Waals surface area (Å²) < 4.78 is 7.19. The third-order valence-corrected chi connectivity index (χ3v) is 6.81. The van der Waals surface area contributed by atoms with Crippen LogP contribution in [0.5, 0.6) is 0 Å². The molecule has 2 heterocycles. The largest absolute Gasteiger partial charge is 0.479 e. The molecule has 0 aliphatic rings. The van der Waals surface area contributed by atoms with Crippen LogP contribution in [0.4, 0.5) is 11.5 Å². The van der Waals surface area contributed by atoms with Crippen molar-refractivity contribution in [3.05, 3.63) is 69.9 Å². The van der Waals surface area contributed by atoms with E-state index in [0.717, 1.165) is 43.9 Å². The Bertz CT molecular complexity index is 1420. The Hall–Kier alpha value is -3.29. The second-order valence-corrected chi connectivity index (χ2v) is 10.8. The van der Waals surface area contributed by atoms with Crippen LogP contribution in [0.15, 0.2) is 41.9 Å². The van der Waals surface area contributed by atoms with Gasteiger partial charge in [0, 0.05) is 22.5 Å². The number of aryl methyl sites for hydroxylation is 3. The Morgan fingerprint density at radius 1 is 1.06 bits per heavy atom. The predicted octanol–water partition coefficient (Wildman–Crippen LogP) is 7.28. The molecule has 2 aromatic heterocycles. The Morgan fingerprint density at radius 2 is 1.80 bits per heavy atom. The summed E-state index contributed by atoms with van der Waals surface area (Å²) >= 11 is 1.57. The van der Waals surface area contributed by atoms with Gasteiger partial charge in [0.2, 0.25) is 0 Å². The number of carboxylic acid groups (broad SMARTS) is 1. The van der Waals surface area contributed by atoms with Gasteiger partial charge in [0.05, 0.1) is 21.3 Å². The van der Waals surface area contributed by atoms with Crippen LogP contribution in [0, 0.1) is 27.7 Å². The summed E-state index contributed by atoms with van der Waals surface area (Å²) in [5, 5.41) is 13.7. The smallest absolute Gasteiger partial charge is 0.337 e. The Morgan fingerprint density at radius 3 is 2.46 bits per heavy atom. The minimum absolute atomic E-state index is 0.609. The molecule has 0 fully saturated rings. The average Bonchev–Trinajstić information content (AvgIpc) is 3.23. The molecule has 0 spiro atoms. The number of rotatable bonds is 6. The summed E-state index contributed by atoms with van der Waals surface area (Å²) in [5.41, 5.74) is 9.10. The fourth-order valence-electron chi connectivity index (χ4n) is 4.18. The van der Waals surface area contributed by atoms with Crippen molar-refractivity contribution in [3.8, 4) is 11.1 Å².